The third-order valence-corrected chi connectivity index (χ3v) is 4.17. The molecule has 2 aromatic heterocycles. The average Bonchev–Trinajstić information content (AvgIpc) is 3.27. The Labute approximate surface area is 136 Å². The first-order valence-electron chi connectivity index (χ1n) is 7.36. The van der Waals surface area contributed by atoms with E-state index in [2.05, 4.69) is 10.3 Å². The Morgan fingerprint density at radius 1 is 1.30 bits per heavy atom. The molecule has 1 aliphatic carbocycles. The fourth-order valence-electron chi connectivity index (χ4n) is 2.57. The van der Waals surface area contributed by atoms with Gasteiger partial charge < -0.3 is 5.32 Å². The lowest BCUT2D eigenvalue weighted by Gasteiger charge is -2.11. The van der Waals surface area contributed by atoms with Crippen LogP contribution < -0.4 is 5.32 Å². The van der Waals surface area contributed by atoms with E-state index in [1.54, 1.807) is 29.0 Å². The Morgan fingerprint density at radius 3 is 2.87 bits per heavy atom. The third kappa shape index (κ3) is 2.57. The Balaban J connectivity index is 1.91. The Bertz CT molecular complexity index is 917. The van der Waals surface area contributed by atoms with E-state index in [-0.39, 0.29) is 17.0 Å². The number of halogens is 2. The highest BCUT2D eigenvalue weighted by atomic mass is 35.5. The summed E-state index contributed by atoms with van der Waals surface area (Å²) in [5, 5.41) is 3.83. The van der Waals surface area contributed by atoms with E-state index in [1.807, 2.05) is 6.07 Å². The van der Waals surface area contributed by atoms with Gasteiger partial charge in [-0.25, -0.2) is 9.37 Å². The van der Waals surface area contributed by atoms with Gasteiger partial charge in [-0.3, -0.25) is 9.36 Å². The Hall–Kier alpha value is -2.40. The molecule has 0 atom stereocenters. The van der Waals surface area contributed by atoms with Gasteiger partial charge in [-0.2, -0.15) is 0 Å². The summed E-state index contributed by atoms with van der Waals surface area (Å²) in [5.41, 5.74) is 1.56. The van der Waals surface area contributed by atoms with Crippen LogP contribution in [-0.2, 0) is 0 Å². The fraction of sp³-hybridized carbons (Fsp3) is 0.176. The zero-order chi connectivity index (χ0) is 16.0. The predicted molar refractivity (Wildman–Crippen MR) is 86.5 cm³/mol. The first-order chi connectivity index (χ1) is 11.1. The highest BCUT2D eigenvalue weighted by Gasteiger charge is 2.26. The van der Waals surface area contributed by atoms with Gasteiger partial charge in [-0.15, -0.1) is 0 Å². The maximum atomic E-state index is 13.9. The minimum atomic E-state index is -0.532. The molecule has 6 heteroatoms. The molecule has 0 radical (unpaired) electrons. The van der Waals surface area contributed by atoms with Gasteiger partial charge in [0.2, 0.25) is 0 Å². The molecule has 0 bridgehead atoms. The van der Waals surface area contributed by atoms with Crippen molar-refractivity contribution in [3.8, 4) is 5.69 Å². The maximum Gasteiger partial charge on any atom is 0.268 e. The number of benzene rings is 1. The Morgan fingerprint density at radius 2 is 2.13 bits per heavy atom. The normalized spacial score (nSPS) is 14.2. The second-order valence-electron chi connectivity index (χ2n) is 5.63. The molecule has 0 unspecified atom stereocenters. The van der Waals surface area contributed by atoms with Crippen LogP contribution in [0.3, 0.4) is 0 Å². The highest BCUT2D eigenvalue weighted by molar-refractivity contribution is 6.30. The van der Waals surface area contributed by atoms with Gasteiger partial charge in [0, 0.05) is 17.6 Å². The van der Waals surface area contributed by atoms with E-state index in [9.17, 15) is 9.18 Å². The average molecular weight is 330 g/mol. The summed E-state index contributed by atoms with van der Waals surface area (Å²) < 4.78 is 15.5. The molecular formula is C17H13ClFN3O. The largest absolute Gasteiger partial charge is 0.348 e. The number of amides is 1. The number of fused-ring (bicyclic) bond motifs is 1. The van der Waals surface area contributed by atoms with E-state index in [0.29, 0.717) is 17.0 Å². The monoisotopic (exact) mass is 329 g/mol. The van der Waals surface area contributed by atoms with Gasteiger partial charge in [0.25, 0.3) is 5.91 Å². The van der Waals surface area contributed by atoms with Crippen LogP contribution >= 0.6 is 11.6 Å². The molecule has 1 fully saturated rings. The van der Waals surface area contributed by atoms with Crippen LogP contribution in [0, 0.1) is 5.82 Å². The smallest absolute Gasteiger partial charge is 0.268 e. The topological polar surface area (TPSA) is 46.9 Å². The molecule has 1 saturated carbocycles. The summed E-state index contributed by atoms with van der Waals surface area (Å²) in [5.74, 6) is -0.712. The van der Waals surface area contributed by atoms with E-state index >= 15 is 0 Å². The molecule has 23 heavy (non-hydrogen) atoms. The van der Waals surface area contributed by atoms with E-state index < -0.39 is 5.82 Å². The number of carbonyl (C=O) groups excluding carboxylic acids is 1. The number of aromatic nitrogens is 2. The zero-order valence-electron chi connectivity index (χ0n) is 12.1. The van der Waals surface area contributed by atoms with Crippen LogP contribution in [0.1, 0.15) is 23.3 Å². The van der Waals surface area contributed by atoms with Crippen molar-refractivity contribution < 1.29 is 9.18 Å². The van der Waals surface area contributed by atoms with Crippen LogP contribution in [0.15, 0.2) is 42.6 Å². The minimum absolute atomic E-state index is 0.0437. The van der Waals surface area contributed by atoms with Crippen LogP contribution in [0.4, 0.5) is 4.39 Å². The van der Waals surface area contributed by atoms with Crippen molar-refractivity contribution in [2.75, 3.05) is 0 Å². The van der Waals surface area contributed by atoms with Crippen LogP contribution in [0.5, 0.6) is 0 Å². The molecule has 4 nitrogen and oxygen atoms in total. The number of carbonyl (C=O) groups is 1. The van der Waals surface area contributed by atoms with Gasteiger partial charge in [0.1, 0.15) is 17.2 Å². The van der Waals surface area contributed by atoms with Gasteiger partial charge in [0.15, 0.2) is 0 Å². The van der Waals surface area contributed by atoms with Crippen molar-refractivity contribution >= 4 is 28.5 Å². The van der Waals surface area contributed by atoms with E-state index in [0.717, 1.165) is 18.2 Å². The summed E-state index contributed by atoms with van der Waals surface area (Å²) in [6, 6.07) is 10.1. The molecule has 0 spiro atoms. The number of nitrogens with one attached hydrogen (secondary N) is 1. The van der Waals surface area contributed by atoms with Crippen LogP contribution in [0.25, 0.3) is 16.7 Å². The summed E-state index contributed by atoms with van der Waals surface area (Å²) in [7, 11) is 0. The van der Waals surface area contributed by atoms with Crippen molar-refractivity contribution in [2.24, 2.45) is 0 Å². The third-order valence-electron chi connectivity index (χ3n) is 3.87. The van der Waals surface area contributed by atoms with Crippen molar-refractivity contribution in [3.63, 3.8) is 0 Å². The quantitative estimate of drug-likeness (QED) is 0.796. The molecule has 1 aromatic carbocycles. The second-order valence-corrected chi connectivity index (χ2v) is 6.03. The number of hydrogen-bond acceptors (Lipinski definition) is 2. The van der Waals surface area contributed by atoms with Gasteiger partial charge in [-0.05, 0) is 49.2 Å². The molecule has 0 aliphatic heterocycles. The van der Waals surface area contributed by atoms with Crippen LogP contribution in [0.2, 0.25) is 5.02 Å². The summed E-state index contributed by atoms with van der Waals surface area (Å²) in [6.07, 6.45) is 3.65. The molecule has 1 aliphatic rings. The van der Waals surface area contributed by atoms with E-state index in [1.165, 1.54) is 12.1 Å². The number of hydrogen-bond donors (Lipinski definition) is 1. The van der Waals surface area contributed by atoms with Gasteiger partial charge in [-0.1, -0.05) is 11.6 Å². The van der Waals surface area contributed by atoms with Gasteiger partial charge in [0.05, 0.1) is 10.7 Å². The van der Waals surface area contributed by atoms with Gasteiger partial charge >= 0.3 is 0 Å². The summed E-state index contributed by atoms with van der Waals surface area (Å²) >= 11 is 5.76. The lowest BCUT2D eigenvalue weighted by Crippen LogP contribution is -2.27. The molecule has 1 amide bonds. The molecule has 0 saturated heterocycles. The zero-order valence-corrected chi connectivity index (χ0v) is 12.8. The maximum absolute atomic E-state index is 13.9. The van der Waals surface area contributed by atoms with Crippen molar-refractivity contribution in [1.82, 2.24) is 14.9 Å². The lowest BCUT2D eigenvalue weighted by molar-refractivity contribution is 0.0944. The molecular weight excluding hydrogens is 317 g/mol. The summed E-state index contributed by atoms with van der Waals surface area (Å²) in [4.78, 5) is 16.9. The molecule has 3 aromatic rings. The molecule has 2 heterocycles. The number of pyridine rings is 1. The van der Waals surface area contributed by atoms with E-state index in [4.69, 9.17) is 11.6 Å². The first kappa shape index (κ1) is 14.2. The lowest BCUT2D eigenvalue weighted by atomic mass is 10.3. The molecule has 116 valence electrons. The first-order valence-corrected chi connectivity index (χ1v) is 7.74. The second kappa shape index (κ2) is 5.35. The number of nitrogens with zero attached hydrogens (tertiary/aromatic N) is 2. The summed E-state index contributed by atoms with van der Waals surface area (Å²) in [6.45, 7) is 0. The Kier molecular flexibility index (Phi) is 3.31. The molecule has 4 rings (SSSR count). The fourth-order valence-corrected chi connectivity index (χ4v) is 2.69. The minimum Gasteiger partial charge on any atom is -0.348 e. The standard InChI is InChI=1S/C17H13ClFN3O/c18-13-6-5-12(9-14(13)19)22-15(17(23)21-11-3-4-11)8-10-2-1-7-20-16(10)22/h1-2,5-9,11H,3-4H2,(H,21,23). The SMILES string of the molecule is O=C(NC1CC1)c1cc2cccnc2n1-c1ccc(Cl)c(F)c1. The van der Waals surface area contributed by atoms with Crippen molar-refractivity contribution in [1.29, 1.82) is 0 Å². The molecule has 1 N–H and O–H groups in total. The van der Waals surface area contributed by atoms with Crippen molar-refractivity contribution in [2.45, 2.75) is 18.9 Å². The predicted octanol–water partition coefficient (Wildman–Crippen LogP) is 3.71. The number of rotatable bonds is 3. The van der Waals surface area contributed by atoms with Crippen molar-refractivity contribution in [3.05, 3.63) is 59.1 Å². The van der Waals surface area contributed by atoms with Crippen LogP contribution in [-0.4, -0.2) is 21.5 Å². The highest BCUT2D eigenvalue weighted by Crippen LogP contribution is 2.26.